The number of ketones is 1. The molecule has 0 saturated heterocycles. The average Bonchev–Trinajstić information content (AvgIpc) is 3.45. The number of hydrogen-bond donors (Lipinski definition) is 2. The number of carbonyl (C=O) groups is 2. The van der Waals surface area contributed by atoms with Crippen LogP contribution < -0.4 is 0 Å². The number of rotatable bonds is 5. The quantitative estimate of drug-likeness (QED) is 0.664. The molecule has 9 atom stereocenters. The molecule has 0 heterocycles. The van der Waals surface area contributed by atoms with E-state index in [1.165, 1.54) is 12.0 Å². The monoisotopic (exact) mass is 414 g/mol. The van der Waals surface area contributed by atoms with E-state index in [1.807, 2.05) is 6.08 Å². The molecule has 0 spiro atoms. The van der Waals surface area contributed by atoms with Crippen molar-refractivity contribution in [3.8, 4) is 0 Å². The molecule has 0 amide bonds. The zero-order valence-corrected chi connectivity index (χ0v) is 18.8. The summed E-state index contributed by atoms with van der Waals surface area (Å²) in [6, 6.07) is 0. The van der Waals surface area contributed by atoms with Crippen molar-refractivity contribution in [2.75, 3.05) is 0 Å². The Morgan fingerprint density at radius 1 is 1.23 bits per heavy atom. The molecule has 0 aromatic rings. The van der Waals surface area contributed by atoms with Gasteiger partial charge in [0.25, 0.3) is 0 Å². The molecule has 0 aliphatic heterocycles. The van der Waals surface area contributed by atoms with Crippen molar-refractivity contribution in [1.82, 2.24) is 0 Å². The van der Waals surface area contributed by atoms with Crippen LogP contribution in [-0.2, 0) is 9.59 Å². The Kier molecular flexibility index (Phi) is 4.61. The number of aliphatic hydroxyl groups is 1. The molecule has 0 aromatic carbocycles. The summed E-state index contributed by atoms with van der Waals surface area (Å²) in [4.78, 5) is 23.6. The second-order valence-corrected chi connectivity index (χ2v) is 11.8. The Bertz CT molecular complexity index is 801. The molecule has 0 aromatic heterocycles. The van der Waals surface area contributed by atoms with Crippen LogP contribution in [0.25, 0.3) is 0 Å². The van der Waals surface area contributed by atoms with Crippen LogP contribution in [0.4, 0.5) is 0 Å². The van der Waals surface area contributed by atoms with Crippen molar-refractivity contribution in [2.45, 2.75) is 90.6 Å². The first-order valence-corrected chi connectivity index (χ1v) is 12.3. The van der Waals surface area contributed by atoms with Crippen molar-refractivity contribution in [3.05, 3.63) is 11.6 Å². The second kappa shape index (κ2) is 6.67. The van der Waals surface area contributed by atoms with Gasteiger partial charge < -0.3 is 10.2 Å². The first-order chi connectivity index (χ1) is 14.2. The minimum Gasteiger partial charge on any atom is -0.481 e. The number of fused-ring (bicyclic) bond motifs is 7. The van der Waals surface area contributed by atoms with Crippen LogP contribution in [0.5, 0.6) is 0 Å². The number of carboxylic acids is 1. The van der Waals surface area contributed by atoms with E-state index in [2.05, 4.69) is 20.8 Å². The van der Waals surface area contributed by atoms with E-state index in [0.717, 1.165) is 38.5 Å². The molecule has 4 nitrogen and oxygen atoms in total. The number of aliphatic carboxylic acids is 1. The Labute approximate surface area is 180 Å². The van der Waals surface area contributed by atoms with Crippen molar-refractivity contribution < 1.29 is 19.8 Å². The lowest BCUT2D eigenvalue weighted by Crippen LogP contribution is -2.58. The van der Waals surface area contributed by atoms with Gasteiger partial charge in [-0.15, -0.1) is 0 Å². The summed E-state index contributed by atoms with van der Waals surface area (Å²) in [7, 11) is 0. The van der Waals surface area contributed by atoms with Gasteiger partial charge in [0.2, 0.25) is 0 Å². The molecule has 4 heteroatoms. The van der Waals surface area contributed by atoms with Crippen LogP contribution >= 0.6 is 0 Å². The van der Waals surface area contributed by atoms with Crippen LogP contribution in [0.3, 0.4) is 0 Å². The first-order valence-electron chi connectivity index (χ1n) is 12.3. The summed E-state index contributed by atoms with van der Waals surface area (Å²) in [6.45, 7) is 6.98. The van der Waals surface area contributed by atoms with E-state index >= 15 is 0 Å². The van der Waals surface area contributed by atoms with Gasteiger partial charge in [-0.2, -0.15) is 0 Å². The molecular formula is C26H38O4. The smallest absolute Gasteiger partial charge is 0.303 e. The van der Waals surface area contributed by atoms with Gasteiger partial charge in [0.1, 0.15) is 0 Å². The van der Waals surface area contributed by atoms with E-state index < -0.39 is 11.6 Å². The third-order valence-electron chi connectivity index (χ3n) is 10.7. The van der Waals surface area contributed by atoms with Gasteiger partial charge in [0, 0.05) is 12.8 Å². The molecule has 166 valence electrons. The predicted octanol–water partition coefficient (Wildman–Crippen LogP) is 5.00. The van der Waals surface area contributed by atoms with Crippen LogP contribution in [0.2, 0.25) is 0 Å². The van der Waals surface area contributed by atoms with Crippen LogP contribution in [0.15, 0.2) is 11.6 Å². The minimum atomic E-state index is -0.817. The number of allylic oxidation sites excluding steroid dienone is 1. The Balaban J connectivity index is 1.54. The summed E-state index contributed by atoms with van der Waals surface area (Å²) < 4.78 is 0. The predicted molar refractivity (Wildman–Crippen MR) is 115 cm³/mol. The summed E-state index contributed by atoms with van der Waals surface area (Å²) in [5.41, 5.74) is 0.567. The van der Waals surface area contributed by atoms with Crippen LogP contribution in [0.1, 0.15) is 85.0 Å². The molecule has 5 aliphatic carbocycles. The standard InChI is InChI=1S/C26H38O4/c1-4-5-15-12-16-13-17(27)6-9-24(16,2)19-7-10-25(3)23(22(15)19)18-14-20(18)26(25,30)11-8-21(28)29/h13,15,18-20,22-23,30H,4-12,14H2,1-3H3,(H,28,29)/t15-,18-,19+,20+,22-,23+,24+,25+,26+/m1/s1. The lowest BCUT2D eigenvalue weighted by atomic mass is 9.43. The van der Waals surface area contributed by atoms with Gasteiger partial charge in [-0.1, -0.05) is 39.2 Å². The molecule has 2 N–H and O–H groups in total. The normalized spacial score (nSPS) is 51.3. The highest BCUT2D eigenvalue weighted by atomic mass is 16.4. The maximum absolute atomic E-state index is 12.2. The van der Waals surface area contributed by atoms with Crippen molar-refractivity contribution in [3.63, 3.8) is 0 Å². The fraction of sp³-hybridized carbons (Fsp3) is 0.846. The second-order valence-electron chi connectivity index (χ2n) is 11.8. The summed E-state index contributed by atoms with van der Waals surface area (Å²) in [5, 5.41) is 21.2. The third kappa shape index (κ3) is 2.61. The summed E-state index contributed by atoms with van der Waals surface area (Å²) >= 11 is 0. The van der Waals surface area contributed by atoms with Gasteiger partial charge in [-0.3, -0.25) is 9.59 Å². The van der Waals surface area contributed by atoms with E-state index in [1.54, 1.807) is 0 Å². The molecule has 0 radical (unpaired) electrons. The van der Waals surface area contributed by atoms with E-state index in [-0.39, 0.29) is 17.3 Å². The maximum atomic E-state index is 12.2. The lowest BCUT2D eigenvalue weighted by molar-refractivity contribution is -0.166. The fourth-order valence-corrected chi connectivity index (χ4v) is 9.24. The van der Waals surface area contributed by atoms with Crippen LogP contribution in [-0.4, -0.2) is 27.6 Å². The Hall–Kier alpha value is -1.16. The van der Waals surface area contributed by atoms with E-state index in [0.29, 0.717) is 54.1 Å². The largest absolute Gasteiger partial charge is 0.481 e. The Morgan fingerprint density at radius 2 is 2.00 bits per heavy atom. The Morgan fingerprint density at radius 3 is 2.70 bits per heavy atom. The topological polar surface area (TPSA) is 74.6 Å². The SMILES string of the molecule is CCC[C@@H]1CC2=CC(=O)CC[C@]2(C)[C@H]2CC[C@@]3(C)[C@@H]([C@@H]4C[C@@H]4[C@@]3(O)CCC(=O)O)[C@H]12. The fourth-order valence-electron chi connectivity index (χ4n) is 9.24. The highest BCUT2D eigenvalue weighted by Crippen LogP contribution is 2.78. The molecule has 0 unspecified atom stereocenters. The van der Waals surface area contributed by atoms with Crippen LogP contribution in [0, 0.1) is 46.3 Å². The summed E-state index contributed by atoms with van der Waals surface area (Å²) in [6.07, 6.45) is 10.7. The molecular weight excluding hydrogens is 376 g/mol. The molecule has 30 heavy (non-hydrogen) atoms. The minimum absolute atomic E-state index is 0.0707. The molecule has 5 rings (SSSR count). The maximum Gasteiger partial charge on any atom is 0.303 e. The van der Waals surface area contributed by atoms with Crippen molar-refractivity contribution in [2.24, 2.45) is 46.3 Å². The lowest BCUT2D eigenvalue weighted by Gasteiger charge is -2.62. The van der Waals surface area contributed by atoms with E-state index in [4.69, 9.17) is 0 Å². The average molecular weight is 415 g/mol. The third-order valence-corrected chi connectivity index (χ3v) is 10.7. The number of hydrogen-bond acceptors (Lipinski definition) is 3. The van der Waals surface area contributed by atoms with E-state index in [9.17, 15) is 19.8 Å². The van der Waals surface area contributed by atoms with Crippen molar-refractivity contribution >= 4 is 11.8 Å². The molecule has 5 aliphatic rings. The molecule has 4 saturated carbocycles. The van der Waals surface area contributed by atoms with Gasteiger partial charge >= 0.3 is 5.97 Å². The van der Waals surface area contributed by atoms with Gasteiger partial charge in [-0.05, 0) is 90.9 Å². The number of carbonyl (C=O) groups excluding carboxylic acids is 1. The van der Waals surface area contributed by atoms with Gasteiger partial charge in [-0.25, -0.2) is 0 Å². The van der Waals surface area contributed by atoms with Gasteiger partial charge in [0.05, 0.1) is 5.60 Å². The highest BCUT2D eigenvalue weighted by molar-refractivity contribution is 5.91. The zero-order valence-electron chi connectivity index (χ0n) is 18.8. The van der Waals surface area contributed by atoms with Crippen molar-refractivity contribution in [1.29, 1.82) is 0 Å². The molecule has 4 fully saturated rings. The molecule has 0 bridgehead atoms. The van der Waals surface area contributed by atoms with Gasteiger partial charge in [0.15, 0.2) is 5.78 Å². The highest BCUT2D eigenvalue weighted by Gasteiger charge is 2.76. The number of carboxylic acid groups (broad SMARTS) is 1. The zero-order chi connectivity index (χ0) is 21.5. The summed E-state index contributed by atoms with van der Waals surface area (Å²) in [5.74, 6) is 2.69. The first kappa shape index (κ1) is 20.7.